The number of hydrogen-bond donors (Lipinski definition) is 1. The summed E-state index contributed by atoms with van der Waals surface area (Å²) in [4.78, 5) is 8.24. The van der Waals surface area contributed by atoms with E-state index in [1.165, 1.54) is 15.9 Å². The van der Waals surface area contributed by atoms with Crippen LogP contribution in [-0.2, 0) is 4.74 Å². The second kappa shape index (κ2) is 7.81. The van der Waals surface area contributed by atoms with Gasteiger partial charge < -0.3 is 19.3 Å². The molecule has 29 heavy (non-hydrogen) atoms. The summed E-state index contributed by atoms with van der Waals surface area (Å²) in [5.74, 6) is 2.08. The van der Waals surface area contributed by atoms with E-state index in [-0.39, 0.29) is 24.1 Å². The minimum Gasteiger partial charge on any atom is -0.493 e. The second-order valence-corrected chi connectivity index (χ2v) is 8.38. The minimum absolute atomic E-state index is 0.0907. The minimum atomic E-state index is -0.183. The number of thiazole rings is 1. The van der Waals surface area contributed by atoms with Crippen LogP contribution in [0.3, 0.4) is 0 Å². The van der Waals surface area contributed by atoms with Crippen LogP contribution in [0.2, 0.25) is 0 Å². The van der Waals surface area contributed by atoms with Gasteiger partial charge in [-0.3, -0.25) is 4.90 Å². The Morgan fingerprint density at radius 3 is 2.48 bits per heavy atom. The van der Waals surface area contributed by atoms with E-state index in [2.05, 4.69) is 28.8 Å². The fraction of sp³-hybridized carbons (Fsp3) is 0.500. The highest BCUT2D eigenvalue weighted by Crippen LogP contribution is 2.42. The summed E-state index contributed by atoms with van der Waals surface area (Å²) in [5, 5.41) is 15.3. The quantitative estimate of drug-likeness (QED) is 0.682. The third-order valence-corrected chi connectivity index (χ3v) is 6.16. The summed E-state index contributed by atoms with van der Waals surface area (Å²) in [6, 6.07) is 5.69. The van der Waals surface area contributed by atoms with E-state index in [0.717, 1.165) is 23.5 Å². The Hall–Kier alpha value is -2.36. The predicted octanol–water partition coefficient (Wildman–Crippen LogP) is 3.02. The summed E-state index contributed by atoms with van der Waals surface area (Å²) in [5.41, 5.74) is 1.00. The van der Waals surface area contributed by atoms with E-state index in [1.54, 1.807) is 14.2 Å². The Bertz CT molecular complexity index is 1010. The van der Waals surface area contributed by atoms with Gasteiger partial charge in [0, 0.05) is 13.1 Å². The maximum absolute atomic E-state index is 11.0. The van der Waals surface area contributed by atoms with Crippen LogP contribution >= 0.6 is 11.3 Å². The molecule has 1 aliphatic rings. The van der Waals surface area contributed by atoms with E-state index in [1.807, 2.05) is 25.1 Å². The first-order chi connectivity index (χ1) is 13.9. The molecule has 1 aliphatic heterocycles. The van der Waals surface area contributed by atoms with Crippen LogP contribution in [0.1, 0.15) is 36.2 Å². The van der Waals surface area contributed by atoms with Gasteiger partial charge in [0.25, 0.3) is 0 Å². The van der Waals surface area contributed by atoms with E-state index in [0.29, 0.717) is 22.3 Å². The van der Waals surface area contributed by atoms with Crippen molar-refractivity contribution >= 4 is 16.3 Å². The van der Waals surface area contributed by atoms with Crippen LogP contribution in [-0.4, -0.2) is 64.1 Å². The number of fused-ring (bicyclic) bond motifs is 1. The molecule has 0 amide bonds. The molecule has 0 spiro atoms. The Kier molecular flexibility index (Phi) is 5.37. The molecule has 156 valence electrons. The highest BCUT2D eigenvalue weighted by Gasteiger charge is 2.34. The average molecular weight is 419 g/mol. The van der Waals surface area contributed by atoms with Crippen molar-refractivity contribution in [1.29, 1.82) is 0 Å². The Balaban J connectivity index is 1.85. The first kappa shape index (κ1) is 19.9. The largest absolute Gasteiger partial charge is 0.493 e. The fourth-order valence-electron chi connectivity index (χ4n) is 4.01. The second-order valence-electron chi connectivity index (χ2n) is 7.37. The maximum atomic E-state index is 11.0. The number of nitrogens with zero attached hydrogens (tertiary/aromatic N) is 4. The van der Waals surface area contributed by atoms with Gasteiger partial charge in [0.1, 0.15) is 5.82 Å². The van der Waals surface area contributed by atoms with Crippen molar-refractivity contribution in [3.63, 3.8) is 0 Å². The molecular formula is C20H26N4O4S. The molecule has 2 aromatic heterocycles. The molecule has 3 atom stereocenters. The van der Waals surface area contributed by atoms with Gasteiger partial charge in [0.15, 0.2) is 11.5 Å². The van der Waals surface area contributed by atoms with Gasteiger partial charge in [-0.2, -0.15) is 4.52 Å². The molecule has 0 saturated carbocycles. The lowest BCUT2D eigenvalue weighted by molar-refractivity contribution is -0.0764. The van der Waals surface area contributed by atoms with Crippen molar-refractivity contribution < 1.29 is 19.3 Å². The van der Waals surface area contributed by atoms with E-state index in [9.17, 15) is 5.11 Å². The molecule has 8 nitrogen and oxygen atoms in total. The molecular weight excluding hydrogens is 392 g/mol. The number of morpholine rings is 1. The molecule has 1 saturated heterocycles. The predicted molar refractivity (Wildman–Crippen MR) is 110 cm³/mol. The van der Waals surface area contributed by atoms with Crippen molar-refractivity contribution in [2.24, 2.45) is 0 Å². The lowest BCUT2D eigenvalue weighted by Gasteiger charge is -2.40. The Labute approximate surface area is 173 Å². The molecule has 3 aromatic rings. The first-order valence-electron chi connectivity index (χ1n) is 9.57. The Morgan fingerprint density at radius 2 is 1.86 bits per heavy atom. The number of methoxy groups -OCH3 is 2. The zero-order chi connectivity index (χ0) is 20.7. The standard InChI is InChI=1S/C20H26N4O4S/c1-11-9-23(10-12(2)28-11)17(14-6-7-15(26-4)16(8-14)27-5)18-19(25)24-20(29-18)21-13(3)22-24/h6-8,11-12,17,25H,9-10H2,1-5H3/t11-,12+,17-/m1/s1. The van der Waals surface area contributed by atoms with Gasteiger partial charge >= 0.3 is 0 Å². The third-order valence-electron chi connectivity index (χ3n) is 5.09. The van der Waals surface area contributed by atoms with Gasteiger partial charge in [-0.05, 0) is 38.5 Å². The Morgan fingerprint density at radius 1 is 1.17 bits per heavy atom. The van der Waals surface area contributed by atoms with E-state index >= 15 is 0 Å². The number of aromatic nitrogens is 3. The van der Waals surface area contributed by atoms with Gasteiger partial charge in [-0.1, -0.05) is 17.4 Å². The molecule has 1 N–H and O–H groups in total. The van der Waals surface area contributed by atoms with Crippen molar-refractivity contribution in [2.75, 3.05) is 27.3 Å². The summed E-state index contributed by atoms with van der Waals surface area (Å²) in [6.07, 6.45) is 0.181. The number of aromatic hydroxyl groups is 1. The van der Waals surface area contributed by atoms with Crippen LogP contribution in [0, 0.1) is 6.92 Å². The lowest BCUT2D eigenvalue weighted by atomic mass is 10.0. The topological polar surface area (TPSA) is 81.4 Å². The molecule has 0 radical (unpaired) electrons. The van der Waals surface area contributed by atoms with Gasteiger partial charge in [0.05, 0.1) is 37.3 Å². The highest BCUT2D eigenvalue weighted by atomic mass is 32.1. The van der Waals surface area contributed by atoms with Gasteiger partial charge in [-0.15, -0.1) is 5.10 Å². The summed E-state index contributed by atoms with van der Waals surface area (Å²) in [7, 11) is 3.24. The molecule has 9 heteroatoms. The molecule has 1 aromatic carbocycles. The van der Waals surface area contributed by atoms with Crippen LogP contribution in [0.25, 0.3) is 4.96 Å². The summed E-state index contributed by atoms with van der Waals surface area (Å²) >= 11 is 1.45. The van der Waals surface area contributed by atoms with Gasteiger partial charge in [0.2, 0.25) is 10.8 Å². The average Bonchev–Trinajstić information content (AvgIpc) is 3.18. The molecule has 4 rings (SSSR count). The number of rotatable bonds is 5. The van der Waals surface area contributed by atoms with E-state index in [4.69, 9.17) is 14.2 Å². The normalized spacial score (nSPS) is 21.4. The van der Waals surface area contributed by atoms with E-state index < -0.39 is 0 Å². The van der Waals surface area contributed by atoms with Crippen molar-refractivity contribution in [2.45, 2.75) is 39.0 Å². The molecule has 3 heterocycles. The third kappa shape index (κ3) is 3.65. The molecule has 0 aliphatic carbocycles. The summed E-state index contributed by atoms with van der Waals surface area (Å²) in [6.45, 7) is 7.45. The lowest BCUT2D eigenvalue weighted by Crippen LogP contribution is -2.47. The van der Waals surface area contributed by atoms with Crippen LogP contribution in [0.15, 0.2) is 18.2 Å². The van der Waals surface area contributed by atoms with Crippen molar-refractivity contribution in [1.82, 2.24) is 19.5 Å². The van der Waals surface area contributed by atoms with Crippen LogP contribution in [0.4, 0.5) is 0 Å². The fourth-order valence-corrected chi connectivity index (χ4v) is 5.17. The monoisotopic (exact) mass is 418 g/mol. The smallest absolute Gasteiger partial charge is 0.230 e. The van der Waals surface area contributed by atoms with Gasteiger partial charge in [-0.25, -0.2) is 4.98 Å². The highest BCUT2D eigenvalue weighted by molar-refractivity contribution is 7.17. The van der Waals surface area contributed by atoms with Crippen LogP contribution < -0.4 is 9.47 Å². The zero-order valence-corrected chi connectivity index (χ0v) is 18.1. The molecule has 0 unspecified atom stereocenters. The first-order valence-corrected chi connectivity index (χ1v) is 10.4. The number of ether oxygens (including phenoxy) is 3. The number of aryl methyl sites for hydroxylation is 1. The van der Waals surface area contributed by atoms with Crippen LogP contribution in [0.5, 0.6) is 17.4 Å². The zero-order valence-electron chi connectivity index (χ0n) is 17.2. The van der Waals surface area contributed by atoms with Crippen molar-refractivity contribution in [3.8, 4) is 17.4 Å². The SMILES string of the molecule is COc1ccc([C@H](c2sc3nc(C)nn3c2O)N2C[C@@H](C)O[C@@H](C)C2)cc1OC. The number of hydrogen-bond acceptors (Lipinski definition) is 8. The summed E-state index contributed by atoms with van der Waals surface area (Å²) < 4.78 is 18.4. The maximum Gasteiger partial charge on any atom is 0.230 e. The van der Waals surface area contributed by atoms with Crippen molar-refractivity contribution in [3.05, 3.63) is 34.5 Å². The molecule has 1 fully saturated rings. The number of benzene rings is 1. The molecule has 0 bridgehead atoms.